The van der Waals surface area contributed by atoms with E-state index in [0.29, 0.717) is 6.04 Å². The van der Waals surface area contributed by atoms with Crippen molar-refractivity contribution in [3.05, 3.63) is 41.9 Å². The number of hydrogen-bond donors (Lipinski definition) is 0. The zero-order valence-corrected chi connectivity index (χ0v) is 7.91. The molecule has 58 valence electrons. The molecule has 1 nitrogen and oxygen atoms in total. The maximum atomic E-state index is 2.29. The van der Waals surface area contributed by atoms with Crippen molar-refractivity contribution in [2.75, 3.05) is 7.05 Å². The summed E-state index contributed by atoms with van der Waals surface area (Å²) in [5.74, 6) is 0. The van der Waals surface area contributed by atoms with Gasteiger partial charge in [-0.15, -0.1) is 12.1 Å². The molecule has 0 saturated carbocycles. The van der Waals surface area contributed by atoms with Crippen molar-refractivity contribution in [1.29, 1.82) is 0 Å². The second kappa shape index (κ2) is 3.58. The molecular formula is C10H12LiN. The van der Waals surface area contributed by atoms with E-state index in [2.05, 4.69) is 49.2 Å². The number of hydrogen-bond acceptors (Lipinski definition) is 1. The van der Waals surface area contributed by atoms with Crippen LogP contribution in [0.2, 0.25) is 0 Å². The van der Waals surface area contributed by atoms with Crippen molar-refractivity contribution in [3.63, 3.8) is 0 Å². The van der Waals surface area contributed by atoms with Crippen LogP contribution < -0.4 is 18.9 Å². The molecule has 1 aliphatic rings. The van der Waals surface area contributed by atoms with E-state index in [4.69, 9.17) is 0 Å². The summed E-state index contributed by atoms with van der Waals surface area (Å²) in [5.41, 5.74) is 1.36. The van der Waals surface area contributed by atoms with Crippen LogP contribution >= 0.6 is 0 Å². The second-order valence-electron chi connectivity index (χ2n) is 3.04. The van der Waals surface area contributed by atoms with Crippen molar-refractivity contribution >= 4 is 0 Å². The Morgan fingerprint density at radius 1 is 1.25 bits per heavy atom. The minimum atomic E-state index is 0. The van der Waals surface area contributed by atoms with Gasteiger partial charge in [-0.25, -0.2) is 0 Å². The Morgan fingerprint density at radius 3 is 2.17 bits per heavy atom. The van der Waals surface area contributed by atoms with Gasteiger partial charge >= 0.3 is 18.9 Å². The minimum Gasteiger partial charge on any atom is -0.335 e. The molecule has 1 aromatic carbocycles. The maximum absolute atomic E-state index is 2.29. The van der Waals surface area contributed by atoms with E-state index in [9.17, 15) is 0 Å². The van der Waals surface area contributed by atoms with Crippen LogP contribution in [0, 0.1) is 6.04 Å². The average Bonchev–Trinajstić information content (AvgIpc) is 2.62. The van der Waals surface area contributed by atoms with Gasteiger partial charge in [0.15, 0.2) is 0 Å². The summed E-state index contributed by atoms with van der Waals surface area (Å²) in [6, 6.07) is 12.7. The Bertz CT molecular complexity index is 239. The summed E-state index contributed by atoms with van der Waals surface area (Å²) in [6.07, 6.45) is 0. The van der Waals surface area contributed by atoms with Gasteiger partial charge in [0, 0.05) is 0 Å². The molecule has 12 heavy (non-hydrogen) atoms. The second-order valence-corrected chi connectivity index (χ2v) is 3.04. The fourth-order valence-corrected chi connectivity index (χ4v) is 1.48. The Morgan fingerprint density at radius 2 is 1.75 bits per heavy atom. The van der Waals surface area contributed by atoms with Gasteiger partial charge in [-0.2, -0.15) is 17.7 Å². The molecule has 1 fully saturated rings. The smallest absolute Gasteiger partial charge is 0.335 e. The molecular weight excluding hydrogens is 141 g/mol. The number of rotatable bonds is 1. The molecule has 0 radical (unpaired) electrons. The topological polar surface area (TPSA) is 3.01 Å². The molecule has 2 rings (SSSR count). The van der Waals surface area contributed by atoms with Crippen LogP contribution in [-0.2, 0) is 0 Å². The minimum absolute atomic E-state index is 0. The van der Waals surface area contributed by atoms with Crippen LogP contribution in [0.25, 0.3) is 0 Å². The molecule has 0 spiro atoms. The van der Waals surface area contributed by atoms with Gasteiger partial charge in [0.1, 0.15) is 0 Å². The van der Waals surface area contributed by atoms with Gasteiger partial charge in [-0.1, -0.05) is 19.0 Å². The van der Waals surface area contributed by atoms with Crippen LogP contribution in [-0.4, -0.2) is 18.0 Å². The molecule has 2 heteroatoms. The van der Waals surface area contributed by atoms with Crippen LogP contribution in [0.15, 0.2) is 30.3 Å². The summed E-state index contributed by atoms with van der Waals surface area (Å²) in [6.45, 7) is 2.22. The van der Waals surface area contributed by atoms with Crippen LogP contribution in [0.1, 0.15) is 12.5 Å². The molecule has 0 bridgehead atoms. The van der Waals surface area contributed by atoms with Crippen LogP contribution in [0.4, 0.5) is 0 Å². The zero-order chi connectivity index (χ0) is 7.84. The third-order valence-electron chi connectivity index (χ3n) is 2.36. The van der Waals surface area contributed by atoms with E-state index in [1.54, 1.807) is 0 Å². The van der Waals surface area contributed by atoms with Gasteiger partial charge < -0.3 is 4.90 Å². The number of nitrogens with zero attached hydrogens (tertiary/aromatic N) is 1. The Kier molecular flexibility index (Phi) is 2.90. The van der Waals surface area contributed by atoms with E-state index in [0.717, 1.165) is 0 Å². The molecule has 0 N–H and O–H groups in total. The van der Waals surface area contributed by atoms with Crippen molar-refractivity contribution in [2.24, 2.45) is 0 Å². The standard InChI is InChI=1S/C10H12N.Li/c1-8-10(11(8)2)9-6-4-3-5-7-9;/h3-8H,1-2H3;/q-1;+1/t8-,11?;/m0./s1. The first-order valence-corrected chi connectivity index (χ1v) is 3.96. The molecule has 1 aliphatic heterocycles. The fourth-order valence-electron chi connectivity index (χ4n) is 1.48. The van der Waals surface area contributed by atoms with Gasteiger partial charge in [0.05, 0.1) is 0 Å². The third kappa shape index (κ3) is 1.54. The molecule has 0 amide bonds. The van der Waals surface area contributed by atoms with E-state index in [-0.39, 0.29) is 18.9 Å². The first kappa shape index (κ1) is 9.73. The monoisotopic (exact) mass is 153 g/mol. The maximum Gasteiger partial charge on any atom is 1.00 e. The average molecular weight is 153 g/mol. The normalized spacial score (nSPS) is 26.3. The molecule has 1 aromatic rings. The predicted octanol–water partition coefficient (Wildman–Crippen LogP) is -1.10. The Labute approximate surface area is 85.9 Å². The van der Waals surface area contributed by atoms with Gasteiger partial charge in [-0.05, 0) is 13.1 Å². The third-order valence-corrected chi connectivity index (χ3v) is 2.36. The van der Waals surface area contributed by atoms with Crippen molar-refractivity contribution in [2.45, 2.75) is 13.0 Å². The molecule has 0 aliphatic carbocycles. The Balaban J connectivity index is 0.000000720. The van der Waals surface area contributed by atoms with Gasteiger partial charge in [0.25, 0.3) is 0 Å². The molecule has 1 unspecified atom stereocenters. The summed E-state index contributed by atoms with van der Waals surface area (Å²) in [4.78, 5) is 2.29. The first-order chi connectivity index (χ1) is 5.30. The number of likely N-dealkylation sites (N-methyl/N-ethyl adjacent to an activating group) is 1. The quantitative estimate of drug-likeness (QED) is 0.281. The van der Waals surface area contributed by atoms with Crippen molar-refractivity contribution in [3.8, 4) is 0 Å². The number of benzene rings is 1. The molecule has 1 saturated heterocycles. The van der Waals surface area contributed by atoms with E-state index in [1.807, 2.05) is 0 Å². The van der Waals surface area contributed by atoms with Gasteiger partial charge in [0.2, 0.25) is 0 Å². The van der Waals surface area contributed by atoms with E-state index in [1.165, 1.54) is 11.6 Å². The SMILES string of the molecule is C[C@H]1[C-](c2ccccc2)N1C.[Li+]. The fraction of sp³-hybridized carbons (Fsp3) is 0.300. The summed E-state index contributed by atoms with van der Waals surface area (Å²) < 4.78 is 0. The summed E-state index contributed by atoms with van der Waals surface area (Å²) in [5, 5.41) is 0. The van der Waals surface area contributed by atoms with Crippen LogP contribution in [0.3, 0.4) is 0 Å². The molecule has 0 aromatic heterocycles. The summed E-state index contributed by atoms with van der Waals surface area (Å²) >= 11 is 0. The largest absolute Gasteiger partial charge is 1.00 e. The molecule has 2 atom stereocenters. The predicted molar refractivity (Wildman–Crippen MR) is 46.0 cm³/mol. The molecule has 1 heterocycles. The van der Waals surface area contributed by atoms with Gasteiger partial charge in [-0.3, -0.25) is 0 Å². The van der Waals surface area contributed by atoms with Crippen molar-refractivity contribution in [1.82, 2.24) is 4.90 Å². The van der Waals surface area contributed by atoms with Crippen LogP contribution in [0.5, 0.6) is 0 Å². The van der Waals surface area contributed by atoms with E-state index >= 15 is 0 Å². The van der Waals surface area contributed by atoms with E-state index < -0.39 is 0 Å². The summed E-state index contributed by atoms with van der Waals surface area (Å²) in [7, 11) is 2.13. The Hall–Kier alpha value is -0.353. The van der Waals surface area contributed by atoms with Crippen molar-refractivity contribution < 1.29 is 18.9 Å². The first-order valence-electron chi connectivity index (χ1n) is 3.96. The zero-order valence-electron chi connectivity index (χ0n) is 7.91.